The monoisotopic (exact) mass is 275 g/mol. The van der Waals surface area contributed by atoms with E-state index in [0.29, 0.717) is 17.4 Å². The van der Waals surface area contributed by atoms with E-state index in [9.17, 15) is 4.79 Å². The van der Waals surface area contributed by atoms with Crippen LogP contribution >= 0.6 is 0 Å². The first-order chi connectivity index (χ1) is 9.81. The molecule has 3 heterocycles. The van der Waals surface area contributed by atoms with Crippen molar-refractivity contribution in [3.63, 3.8) is 0 Å². The van der Waals surface area contributed by atoms with E-state index in [2.05, 4.69) is 10.4 Å². The lowest BCUT2D eigenvalue weighted by Gasteiger charge is -2.21. The standard InChI is InChI=1S/C14H17N3O3/c18-14(13-2-1-5-20-13)16-12-8-15-17(10-12)9-11-3-6-19-7-4-11/h1-2,5,8,10-11H,3-4,6-7,9H2,(H,16,18). The van der Waals surface area contributed by atoms with Gasteiger partial charge in [0.05, 0.1) is 18.1 Å². The Bertz CT molecular complexity index is 556. The highest BCUT2D eigenvalue weighted by atomic mass is 16.5. The van der Waals surface area contributed by atoms with E-state index in [1.807, 2.05) is 10.9 Å². The van der Waals surface area contributed by atoms with Gasteiger partial charge in [-0.1, -0.05) is 0 Å². The quantitative estimate of drug-likeness (QED) is 0.928. The van der Waals surface area contributed by atoms with Gasteiger partial charge in [0, 0.05) is 26.0 Å². The zero-order valence-electron chi connectivity index (χ0n) is 11.1. The van der Waals surface area contributed by atoms with E-state index in [1.54, 1.807) is 18.3 Å². The molecule has 0 radical (unpaired) electrons. The van der Waals surface area contributed by atoms with Crippen LogP contribution in [0.4, 0.5) is 5.69 Å². The minimum absolute atomic E-state index is 0.263. The minimum Gasteiger partial charge on any atom is -0.459 e. The van der Waals surface area contributed by atoms with Gasteiger partial charge >= 0.3 is 0 Å². The second-order valence-corrected chi connectivity index (χ2v) is 4.94. The number of nitrogens with zero attached hydrogens (tertiary/aromatic N) is 2. The molecule has 0 unspecified atom stereocenters. The maximum absolute atomic E-state index is 11.8. The van der Waals surface area contributed by atoms with Gasteiger partial charge in [0.1, 0.15) is 0 Å². The Balaban J connectivity index is 1.57. The molecule has 1 aliphatic rings. The summed E-state index contributed by atoms with van der Waals surface area (Å²) in [4.78, 5) is 11.8. The molecular formula is C14H17N3O3. The number of aromatic nitrogens is 2. The lowest BCUT2D eigenvalue weighted by Crippen LogP contribution is -2.20. The number of carbonyl (C=O) groups excluding carboxylic acids is 1. The maximum Gasteiger partial charge on any atom is 0.291 e. The van der Waals surface area contributed by atoms with E-state index in [0.717, 1.165) is 32.6 Å². The first kappa shape index (κ1) is 12.9. The van der Waals surface area contributed by atoms with Gasteiger partial charge in [-0.3, -0.25) is 9.48 Å². The third-order valence-corrected chi connectivity index (χ3v) is 3.42. The average molecular weight is 275 g/mol. The molecule has 6 heteroatoms. The summed E-state index contributed by atoms with van der Waals surface area (Å²) in [7, 11) is 0. The van der Waals surface area contributed by atoms with Crippen LogP contribution in [0.1, 0.15) is 23.4 Å². The molecule has 0 saturated carbocycles. The van der Waals surface area contributed by atoms with Crippen molar-refractivity contribution in [2.75, 3.05) is 18.5 Å². The van der Waals surface area contributed by atoms with Crippen molar-refractivity contribution in [3.8, 4) is 0 Å². The molecule has 0 atom stereocenters. The molecule has 0 aliphatic carbocycles. The maximum atomic E-state index is 11.8. The Morgan fingerprint density at radius 1 is 1.45 bits per heavy atom. The molecule has 0 spiro atoms. The van der Waals surface area contributed by atoms with E-state index >= 15 is 0 Å². The number of amides is 1. The predicted molar refractivity (Wildman–Crippen MR) is 72.4 cm³/mol. The number of furan rings is 1. The average Bonchev–Trinajstić information content (AvgIpc) is 3.11. The van der Waals surface area contributed by atoms with Crippen LogP contribution in [0.15, 0.2) is 35.2 Å². The van der Waals surface area contributed by atoms with Crippen molar-refractivity contribution >= 4 is 11.6 Å². The van der Waals surface area contributed by atoms with Crippen LogP contribution in [0, 0.1) is 5.92 Å². The summed E-state index contributed by atoms with van der Waals surface area (Å²) in [6.07, 6.45) is 7.10. The highest BCUT2D eigenvalue weighted by Gasteiger charge is 2.15. The van der Waals surface area contributed by atoms with Crippen molar-refractivity contribution in [3.05, 3.63) is 36.5 Å². The fourth-order valence-electron chi connectivity index (χ4n) is 2.32. The smallest absolute Gasteiger partial charge is 0.291 e. The third-order valence-electron chi connectivity index (χ3n) is 3.42. The number of ether oxygens (including phenoxy) is 1. The molecule has 0 aromatic carbocycles. The number of carbonyl (C=O) groups is 1. The molecule has 1 fully saturated rings. The van der Waals surface area contributed by atoms with E-state index in [1.165, 1.54) is 6.26 Å². The Kier molecular flexibility index (Phi) is 3.83. The van der Waals surface area contributed by atoms with Crippen LogP contribution in [0.3, 0.4) is 0 Å². The second kappa shape index (κ2) is 5.92. The van der Waals surface area contributed by atoms with E-state index in [-0.39, 0.29) is 5.91 Å². The Hall–Kier alpha value is -2.08. The fraction of sp³-hybridized carbons (Fsp3) is 0.429. The normalized spacial score (nSPS) is 16.2. The molecule has 20 heavy (non-hydrogen) atoms. The fourth-order valence-corrected chi connectivity index (χ4v) is 2.32. The van der Waals surface area contributed by atoms with E-state index in [4.69, 9.17) is 9.15 Å². The van der Waals surface area contributed by atoms with E-state index < -0.39 is 0 Å². The van der Waals surface area contributed by atoms with Gasteiger partial charge in [0.15, 0.2) is 5.76 Å². The molecule has 1 aliphatic heterocycles. The van der Waals surface area contributed by atoms with Crippen LogP contribution < -0.4 is 5.32 Å². The van der Waals surface area contributed by atoms with Gasteiger partial charge in [-0.15, -0.1) is 0 Å². The molecule has 6 nitrogen and oxygen atoms in total. The second-order valence-electron chi connectivity index (χ2n) is 4.94. The topological polar surface area (TPSA) is 69.3 Å². The van der Waals surface area contributed by atoms with Gasteiger partial charge in [0.2, 0.25) is 0 Å². The zero-order valence-corrected chi connectivity index (χ0v) is 11.1. The Labute approximate surface area is 116 Å². The number of rotatable bonds is 4. The number of anilines is 1. The van der Waals surface area contributed by atoms with Crippen molar-refractivity contribution in [2.24, 2.45) is 5.92 Å². The van der Waals surface area contributed by atoms with Crippen molar-refractivity contribution in [1.82, 2.24) is 9.78 Å². The molecular weight excluding hydrogens is 258 g/mol. The van der Waals surface area contributed by atoms with Gasteiger partial charge in [-0.05, 0) is 30.9 Å². The molecule has 1 N–H and O–H groups in total. The highest BCUT2D eigenvalue weighted by Crippen LogP contribution is 2.17. The molecule has 0 bridgehead atoms. The Morgan fingerprint density at radius 3 is 3.05 bits per heavy atom. The summed E-state index contributed by atoms with van der Waals surface area (Å²) in [6, 6.07) is 3.31. The van der Waals surface area contributed by atoms with Gasteiger partial charge in [-0.25, -0.2) is 0 Å². The lowest BCUT2D eigenvalue weighted by atomic mass is 10.0. The predicted octanol–water partition coefficient (Wildman–Crippen LogP) is 2.16. The summed E-state index contributed by atoms with van der Waals surface area (Å²) in [5.41, 5.74) is 0.679. The van der Waals surface area contributed by atoms with Gasteiger partial charge in [-0.2, -0.15) is 5.10 Å². The van der Waals surface area contributed by atoms with Crippen molar-refractivity contribution in [2.45, 2.75) is 19.4 Å². The van der Waals surface area contributed by atoms with Crippen molar-refractivity contribution in [1.29, 1.82) is 0 Å². The lowest BCUT2D eigenvalue weighted by molar-refractivity contribution is 0.0601. The molecule has 2 aromatic rings. The number of hydrogen-bond acceptors (Lipinski definition) is 4. The third kappa shape index (κ3) is 3.08. The van der Waals surface area contributed by atoms with Crippen LogP contribution in [-0.4, -0.2) is 28.9 Å². The summed E-state index contributed by atoms with van der Waals surface area (Å²) >= 11 is 0. The van der Waals surface area contributed by atoms with Gasteiger partial charge < -0.3 is 14.5 Å². The largest absolute Gasteiger partial charge is 0.459 e. The first-order valence-corrected chi connectivity index (χ1v) is 6.76. The first-order valence-electron chi connectivity index (χ1n) is 6.76. The van der Waals surface area contributed by atoms with Crippen LogP contribution in [-0.2, 0) is 11.3 Å². The summed E-state index contributed by atoms with van der Waals surface area (Å²) in [5.74, 6) is 0.625. The van der Waals surface area contributed by atoms with Crippen LogP contribution in [0.2, 0.25) is 0 Å². The Morgan fingerprint density at radius 2 is 2.30 bits per heavy atom. The summed E-state index contributed by atoms with van der Waals surface area (Å²) in [5, 5.41) is 7.04. The summed E-state index contributed by atoms with van der Waals surface area (Å²) < 4.78 is 12.3. The van der Waals surface area contributed by atoms with Crippen LogP contribution in [0.25, 0.3) is 0 Å². The summed E-state index contributed by atoms with van der Waals surface area (Å²) in [6.45, 7) is 2.52. The molecule has 3 rings (SSSR count). The van der Waals surface area contributed by atoms with Gasteiger partial charge in [0.25, 0.3) is 5.91 Å². The number of nitrogens with one attached hydrogen (secondary N) is 1. The van der Waals surface area contributed by atoms with Crippen LogP contribution in [0.5, 0.6) is 0 Å². The highest BCUT2D eigenvalue weighted by molar-refractivity contribution is 6.02. The molecule has 106 valence electrons. The minimum atomic E-state index is -0.263. The number of hydrogen-bond donors (Lipinski definition) is 1. The SMILES string of the molecule is O=C(Nc1cnn(CC2CCOCC2)c1)c1ccco1. The van der Waals surface area contributed by atoms with Crippen molar-refractivity contribution < 1.29 is 13.9 Å². The molecule has 2 aromatic heterocycles. The molecule has 1 amide bonds. The zero-order chi connectivity index (χ0) is 13.8. The molecule has 1 saturated heterocycles.